The number of nitrogens with zero attached hydrogens (tertiary/aromatic N) is 1. The SMILES string of the molecule is Cc1cccc(OCCCOc2ccc(/C=C(\C#N)C(=O)NCc3ccco3)cc2Cl)c1. The molecule has 0 fully saturated rings. The molecule has 0 aliphatic carbocycles. The molecule has 0 spiro atoms. The monoisotopic (exact) mass is 450 g/mol. The molecule has 0 aliphatic heterocycles. The molecule has 2 aromatic carbocycles. The van der Waals surface area contributed by atoms with Crippen molar-refractivity contribution in [2.24, 2.45) is 0 Å². The van der Waals surface area contributed by atoms with E-state index in [0.717, 1.165) is 11.3 Å². The van der Waals surface area contributed by atoms with Crippen LogP contribution in [0.4, 0.5) is 0 Å². The molecular formula is C25H23ClN2O4. The van der Waals surface area contributed by atoms with Crippen LogP contribution in [0.2, 0.25) is 5.02 Å². The van der Waals surface area contributed by atoms with E-state index in [2.05, 4.69) is 5.32 Å². The minimum Gasteiger partial charge on any atom is -0.493 e. The number of nitriles is 1. The second-order valence-corrected chi connectivity index (χ2v) is 7.40. The van der Waals surface area contributed by atoms with Crippen LogP contribution in [-0.4, -0.2) is 19.1 Å². The fourth-order valence-electron chi connectivity index (χ4n) is 2.85. The Bertz CT molecular complexity index is 1120. The van der Waals surface area contributed by atoms with Crippen LogP contribution in [0.15, 0.2) is 70.9 Å². The van der Waals surface area contributed by atoms with Crippen molar-refractivity contribution >= 4 is 23.6 Å². The van der Waals surface area contributed by atoms with E-state index in [1.165, 1.54) is 12.3 Å². The molecule has 0 radical (unpaired) electrons. The van der Waals surface area contributed by atoms with Gasteiger partial charge < -0.3 is 19.2 Å². The zero-order chi connectivity index (χ0) is 22.8. The summed E-state index contributed by atoms with van der Waals surface area (Å²) in [5.41, 5.74) is 1.73. The molecule has 32 heavy (non-hydrogen) atoms. The van der Waals surface area contributed by atoms with Crippen molar-refractivity contribution in [1.29, 1.82) is 5.26 Å². The van der Waals surface area contributed by atoms with Gasteiger partial charge in [-0.05, 0) is 60.5 Å². The van der Waals surface area contributed by atoms with Gasteiger partial charge in [0, 0.05) is 6.42 Å². The molecule has 1 N–H and O–H groups in total. The van der Waals surface area contributed by atoms with Crippen LogP contribution in [0.5, 0.6) is 11.5 Å². The summed E-state index contributed by atoms with van der Waals surface area (Å²) in [4.78, 5) is 12.2. The first-order valence-corrected chi connectivity index (χ1v) is 10.5. The third-order valence-electron chi connectivity index (χ3n) is 4.44. The summed E-state index contributed by atoms with van der Waals surface area (Å²) in [6.45, 7) is 3.19. The molecule has 0 saturated heterocycles. The molecule has 1 heterocycles. The first kappa shape index (κ1) is 23.0. The summed E-state index contributed by atoms with van der Waals surface area (Å²) in [7, 11) is 0. The molecule has 3 rings (SSSR count). The highest BCUT2D eigenvalue weighted by atomic mass is 35.5. The van der Waals surface area contributed by atoms with E-state index < -0.39 is 5.91 Å². The smallest absolute Gasteiger partial charge is 0.262 e. The Morgan fingerprint density at radius 3 is 2.72 bits per heavy atom. The van der Waals surface area contributed by atoms with Gasteiger partial charge in [0.25, 0.3) is 5.91 Å². The van der Waals surface area contributed by atoms with Gasteiger partial charge >= 0.3 is 0 Å². The summed E-state index contributed by atoms with van der Waals surface area (Å²) in [5.74, 6) is 1.47. The number of carbonyl (C=O) groups is 1. The van der Waals surface area contributed by atoms with Crippen molar-refractivity contribution in [2.75, 3.05) is 13.2 Å². The van der Waals surface area contributed by atoms with Crippen LogP contribution in [0.1, 0.15) is 23.3 Å². The second kappa shape index (κ2) is 11.6. The number of aryl methyl sites for hydroxylation is 1. The van der Waals surface area contributed by atoms with Gasteiger partial charge in [-0.3, -0.25) is 4.79 Å². The maximum atomic E-state index is 12.2. The molecule has 1 amide bonds. The number of ether oxygens (including phenoxy) is 2. The molecule has 0 unspecified atom stereocenters. The summed E-state index contributed by atoms with van der Waals surface area (Å²) in [5, 5.41) is 12.4. The van der Waals surface area contributed by atoms with Crippen LogP contribution in [-0.2, 0) is 11.3 Å². The normalized spacial score (nSPS) is 11.0. The molecule has 0 atom stereocenters. The highest BCUT2D eigenvalue weighted by molar-refractivity contribution is 6.32. The van der Waals surface area contributed by atoms with Crippen LogP contribution in [0, 0.1) is 18.3 Å². The third kappa shape index (κ3) is 6.93. The van der Waals surface area contributed by atoms with Gasteiger partial charge in [-0.2, -0.15) is 5.26 Å². The molecule has 6 nitrogen and oxygen atoms in total. The molecule has 0 bridgehead atoms. The van der Waals surface area contributed by atoms with Gasteiger partial charge in [-0.25, -0.2) is 0 Å². The minimum atomic E-state index is -0.492. The van der Waals surface area contributed by atoms with Gasteiger partial charge in [0.15, 0.2) is 0 Å². The number of furan rings is 1. The van der Waals surface area contributed by atoms with Crippen LogP contribution >= 0.6 is 11.6 Å². The van der Waals surface area contributed by atoms with Crippen molar-refractivity contribution in [2.45, 2.75) is 19.9 Å². The quantitative estimate of drug-likeness (QED) is 0.257. The maximum Gasteiger partial charge on any atom is 0.262 e. The van der Waals surface area contributed by atoms with Gasteiger partial charge in [0.1, 0.15) is 28.9 Å². The fraction of sp³-hybridized carbons (Fsp3) is 0.200. The van der Waals surface area contributed by atoms with Gasteiger partial charge in [0.2, 0.25) is 0 Å². The van der Waals surface area contributed by atoms with Gasteiger partial charge in [-0.15, -0.1) is 0 Å². The lowest BCUT2D eigenvalue weighted by molar-refractivity contribution is -0.117. The predicted octanol–water partition coefficient (Wildman–Crippen LogP) is 5.31. The Labute approximate surface area is 192 Å². The Morgan fingerprint density at radius 1 is 1.16 bits per heavy atom. The molecule has 7 heteroatoms. The molecule has 1 aromatic heterocycles. The molecule has 3 aromatic rings. The van der Waals surface area contributed by atoms with Crippen LogP contribution in [0.25, 0.3) is 6.08 Å². The van der Waals surface area contributed by atoms with E-state index >= 15 is 0 Å². The average molecular weight is 451 g/mol. The van der Waals surface area contributed by atoms with Crippen LogP contribution < -0.4 is 14.8 Å². The number of carbonyl (C=O) groups excluding carboxylic acids is 1. The van der Waals surface area contributed by atoms with Crippen molar-refractivity contribution in [1.82, 2.24) is 5.32 Å². The fourth-order valence-corrected chi connectivity index (χ4v) is 3.09. The molecule has 164 valence electrons. The topological polar surface area (TPSA) is 84.5 Å². The minimum absolute atomic E-state index is 0.0328. The molecule has 0 aliphatic rings. The van der Waals surface area contributed by atoms with Gasteiger partial charge in [0.05, 0.1) is 31.0 Å². The Kier molecular flexibility index (Phi) is 8.36. The lowest BCUT2D eigenvalue weighted by Crippen LogP contribution is -2.23. The Morgan fingerprint density at radius 2 is 2.00 bits per heavy atom. The number of hydrogen-bond acceptors (Lipinski definition) is 5. The second-order valence-electron chi connectivity index (χ2n) is 6.99. The number of hydrogen-bond donors (Lipinski definition) is 1. The first-order chi connectivity index (χ1) is 15.5. The number of rotatable bonds is 10. The zero-order valence-electron chi connectivity index (χ0n) is 17.6. The highest BCUT2D eigenvalue weighted by Crippen LogP contribution is 2.26. The Hall–Kier alpha value is -3.69. The van der Waals surface area contributed by atoms with E-state index in [1.807, 2.05) is 37.3 Å². The maximum absolute atomic E-state index is 12.2. The standard InChI is InChI=1S/C25H23ClN2O4/c1-18-5-2-6-21(13-18)30-11-4-12-32-24-9-8-19(15-23(24)26)14-20(16-27)25(29)28-17-22-7-3-10-31-22/h2-3,5-10,13-15H,4,11-12,17H2,1H3,(H,28,29)/b20-14+. The van der Waals surface area contributed by atoms with Crippen LogP contribution in [0.3, 0.4) is 0 Å². The largest absolute Gasteiger partial charge is 0.493 e. The summed E-state index contributed by atoms with van der Waals surface area (Å²) < 4.78 is 16.6. The lowest BCUT2D eigenvalue weighted by atomic mass is 10.1. The Balaban J connectivity index is 1.49. The summed E-state index contributed by atoms with van der Waals surface area (Å²) in [6.07, 6.45) is 3.69. The number of benzene rings is 2. The lowest BCUT2D eigenvalue weighted by Gasteiger charge is -2.10. The third-order valence-corrected chi connectivity index (χ3v) is 4.74. The van der Waals surface area contributed by atoms with Crippen molar-refractivity contribution in [3.05, 3.63) is 88.3 Å². The zero-order valence-corrected chi connectivity index (χ0v) is 18.4. The number of nitrogens with one attached hydrogen (secondary N) is 1. The van der Waals surface area contributed by atoms with Crippen molar-refractivity contribution < 1.29 is 18.7 Å². The van der Waals surface area contributed by atoms with Crippen molar-refractivity contribution in [3.8, 4) is 17.6 Å². The number of amides is 1. The highest BCUT2D eigenvalue weighted by Gasteiger charge is 2.10. The first-order valence-electron chi connectivity index (χ1n) is 10.1. The summed E-state index contributed by atoms with van der Waals surface area (Å²) >= 11 is 6.31. The van der Waals surface area contributed by atoms with E-state index in [9.17, 15) is 10.1 Å². The number of halogens is 1. The molecule has 0 saturated carbocycles. The van der Waals surface area contributed by atoms with E-state index in [0.29, 0.717) is 41.7 Å². The van der Waals surface area contributed by atoms with E-state index in [1.54, 1.807) is 30.3 Å². The van der Waals surface area contributed by atoms with Crippen molar-refractivity contribution in [3.63, 3.8) is 0 Å². The summed E-state index contributed by atoms with van der Waals surface area (Å²) in [6, 6.07) is 18.4. The molecular weight excluding hydrogens is 428 g/mol. The van der Waals surface area contributed by atoms with Gasteiger partial charge in [-0.1, -0.05) is 29.8 Å². The van der Waals surface area contributed by atoms with E-state index in [4.69, 9.17) is 25.5 Å². The predicted molar refractivity (Wildman–Crippen MR) is 122 cm³/mol. The average Bonchev–Trinajstić information content (AvgIpc) is 3.30. The van der Waals surface area contributed by atoms with E-state index in [-0.39, 0.29) is 12.1 Å².